The molecule has 10 heteroatoms. The van der Waals surface area contributed by atoms with Gasteiger partial charge in [0, 0.05) is 12.5 Å². The van der Waals surface area contributed by atoms with Crippen molar-refractivity contribution in [2.45, 2.75) is 40.0 Å². The number of primary sulfonamides is 1. The van der Waals surface area contributed by atoms with Gasteiger partial charge in [-0.15, -0.1) is 11.3 Å². The molecule has 112 valence electrons. The van der Waals surface area contributed by atoms with Crippen molar-refractivity contribution in [1.82, 2.24) is 5.32 Å². The summed E-state index contributed by atoms with van der Waals surface area (Å²) in [7, 11) is -7.56. The van der Waals surface area contributed by atoms with Crippen molar-refractivity contribution < 1.29 is 21.6 Å². The smallest absolute Gasteiger partial charge is 0.247 e. The molecular formula is C10H14N2O5S3. The Morgan fingerprint density at radius 1 is 1.50 bits per heavy atom. The zero-order valence-electron chi connectivity index (χ0n) is 10.8. The van der Waals surface area contributed by atoms with Crippen LogP contribution in [0.2, 0.25) is 0 Å². The third kappa shape index (κ3) is 2.60. The molecule has 0 aliphatic carbocycles. The van der Waals surface area contributed by atoms with Crippen LogP contribution < -0.4 is 10.5 Å². The van der Waals surface area contributed by atoms with Crippen molar-refractivity contribution in [2.24, 2.45) is 5.14 Å². The number of amides is 1. The third-order valence-corrected chi connectivity index (χ3v) is 8.41. The van der Waals surface area contributed by atoms with Crippen LogP contribution in [0, 0.1) is 0 Å². The lowest BCUT2D eigenvalue weighted by Crippen LogP contribution is -2.35. The lowest BCUT2D eigenvalue weighted by molar-refractivity contribution is -0.119. The maximum absolute atomic E-state index is 12.2. The van der Waals surface area contributed by atoms with Crippen LogP contribution in [0.1, 0.15) is 31.9 Å². The van der Waals surface area contributed by atoms with Gasteiger partial charge in [0.2, 0.25) is 15.9 Å². The molecule has 1 aliphatic heterocycles. The summed E-state index contributed by atoms with van der Waals surface area (Å²) in [4.78, 5) is 11.2. The lowest BCUT2D eigenvalue weighted by atomic mass is 10.1. The molecule has 1 amide bonds. The highest BCUT2D eigenvalue weighted by molar-refractivity contribution is 7.95. The van der Waals surface area contributed by atoms with Gasteiger partial charge in [-0.1, -0.05) is 0 Å². The Morgan fingerprint density at radius 3 is 2.60 bits per heavy atom. The average Bonchev–Trinajstić information content (AvgIpc) is 2.70. The molecule has 0 saturated heterocycles. The summed E-state index contributed by atoms with van der Waals surface area (Å²) < 4.78 is 47.0. The van der Waals surface area contributed by atoms with Crippen LogP contribution in [0.3, 0.4) is 0 Å². The van der Waals surface area contributed by atoms with Gasteiger partial charge in [0.1, 0.15) is 8.42 Å². The van der Waals surface area contributed by atoms with E-state index in [9.17, 15) is 21.6 Å². The Hall–Kier alpha value is -0.970. The van der Waals surface area contributed by atoms with Crippen LogP contribution in [-0.2, 0) is 24.7 Å². The number of sulfonamides is 1. The Morgan fingerprint density at radius 2 is 2.10 bits per heavy atom. The van der Waals surface area contributed by atoms with Gasteiger partial charge in [-0.05, 0) is 19.4 Å². The van der Waals surface area contributed by atoms with Crippen LogP contribution in [0.25, 0.3) is 0 Å². The van der Waals surface area contributed by atoms with Crippen molar-refractivity contribution in [3.63, 3.8) is 0 Å². The molecule has 0 spiro atoms. The SMILES string of the molecule is CC(=O)N[C@H]1C[C@H](C)S(=O)(=O)c2sc(S(N)(=O)=O)cc21. The quantitative estimate of drug-likeness (QED) is 0.794. The molecule has 1 aromatic heterocycles. The molecule has 3 N–H and O–H groups in total. The largest absolute Gasteiger partial charge is 0.349 e. The van der Waals surface area contributed by atoms with Gasteiger partial charge in [0.05, 0.1) is 11.3 Å². The highest BCUT2D eigenvalue weighted by atomic mass is 32.3. The average molecular weight is 338 g/mol. The molecule has 0 aromatic carbocycles. The molecule has 2 rings (SSSR count). The molecule has 0 bridgehead atoms. The first-order valence-electron chi connectivity index (χ1n) is 5.71. The highest BCUT2D eigenvalue weighted by Crippen LogP contribution is 2.42. The number of carbonyl (C=O) groups excluding carboxylic acids is 1. The van der Waals surface area contributed by atoms with E-state index in [4.69, 9.17) is 5.14 Å². The number of sulfone groups is 1. The van der Waals surface area contributed by atoms with E-state index >= 15 is 0 Å². The van der Waals surface area contributed by atoms with E-state index in [0.717, 1.165) is 0 Å². The summed E-state index contributed by atoms with van der Waals surface area (Å²) in [6.45, 7) is 2.85. The van der Waals surface area contributed by atoms with Gasteiger partial charge in [0.25, 0.3) is 0 Å². The monoisotopic (exact) mass is 338 g/mol. The lowest BCUT2D eigenvalue weighted by Gasteiger charge is -2.27. The van der Waals surface area contributed by atoms with Gasteiger partial charge in [-0.2, -0.15) is 0 Å². The summed E-state index contributed by atoms with van der Waals surface area (Å²) in [5, 5.41) is 6.98. The number of nitrogens with one attached hydrogen (secondary N) is 1. The molecule has 0 saturated carbocycles. The van der Waals surface area contributed by atoms with Crippen LogP contribution >= 0.6 is 11.3 Å². The van der Waals surface area contributed by atoms with E-state index in [1.54, 1.807) is 0 Å². The van der Waals surface area contributed by atoms with Gasteiger partial charge < -0.3 is 5.32 Å². The second-order valence-electron chi connectivity index (χ2n) is 4.70. The standard InChI is InChI=1S/C10H14N2O5S3/c1-5-3-8(12-6(2)13)7-4-9(20(11,16)17)18-10(7)19(5,14)15/h4-5,8H,3H2,1-2H3,(H,12,13)(H2,11,16,17)/t5-,8-/m0/s1. The Bertz CT molecular complexity index is 763. The van der Waals surface area contributed by atoms with Crippen LogP contribution in [0.15, 0.2) is 14.5 Å². The fraction of sp³-hybridized carbons (Fsp3) is 0.500. The molecule has 0 fully saturated rings. The fourth-order valence-electron chi connectivity index (χ4n) is 2.12. The number of carbonyl (C=O) groups is 1. The van der Waals surface area contributed by atoms with Crippen LogP contribution in [0.5, 0.6) is 0 Å². The predicted molar refractivity (Wildman–Crippen MR) is 73.5 cm³/mol. The normalized spacial score (nSPS) is 24.9. The first-order chi connectivity index (χ1) is 9.03. The van der Waals surface area contributed by atoms with Crippen molar-refractivity contribution in [3.05, 3.63) is 11.6 Å². The molecular weight excluding hydrogens is 324 g/mol. The van der Waals surface area contributed by atoms with E-state index in [0.29, 0.717) is 16.9 Å². The molecule has 0 unspecified atom stereocenters. The van der Waals surface area contributed by atoms with E-state index in [-0.39, 0.29) is 20.7 Å². The Kier molecular flexibility index (Phi) is 3.70. The van der Waals surface area contributed by atoms with Crippen molar-refractivity contribution >= 4 is 37.1 Å². The van der Waals surface area contributed by atoms with Crippen LogP contribution in [-0.4, -0.2) is 28.0 Å². The minimum Gasteiger partial charge on any atom is -0.349 e. The zero-order valence-corrected chi connectivity index (χ0v) is 13.2. The van der Waals surface area contributed by atoms with E-state index in [1.807, 2.05) is 0 Å². The predicted octanol–water partition coefficient (Wildman–Crippen LogP) is 0.139. The van der Waals surface area contributed by atoms with E-state index in [2.05, 4.69) is 5.32 Å². The molecule has 1 aliphatic rings. The topological polar surface area (TPSA) is 123 Å². The first kappa shape index (κ1) is 15.4. The Balaban J connectivity index is 2.64. The van der Waals surface area contributed by atoms with Gasteiger partial charge in [-0.25, -0.2) is 22.0 Å². The highest BCUT2D eigenvalue weighted by Gasteiger charge is 2.39. The summed E-state index contributed by atoms with van der Waals surface area (Å²) in [5.41, 5.74) is 0.298. The zero-order chi connectivity index (χ0) is 15.3. The summed E-state index contributed by atoms with van der Waals surface area (Å²) in [5.74, 6) is -0.309. The second-order valence-corrected chi connectivity index (χ2v) is 10.1. The molecule has 2 heterocycles. The number of hydrogen-bond donors (Lipinski definition) is 2. The minimum atomic E-state index is -3.98. The molecule has 1 aromatic rings. The van der Waals surface area contributed by atoms with E-state index < -0.39 is 31.2 Å². The minimum absolute atomic E-state index is 0.0287. The number of fused-ring (bicyclic) bond motifs is 1. The fourth-order valence-corrected chi connectivity index (χ4v) is 6.54. The molecule has 2 atom stereocenters. The third-order valence-electron chi connectivity index (χ3n) is 3.09. The number of nitrogens with two attached hydrogens (primary N) is 1. The van der Waals surface area contributed by atoms with Crippen LogP contribution in [0.4, 0.5) is 0 Å². The van der Waals surface area contributed by atoms with Gasteiger partial charge in [-0.3, -0.25) is 4.79 Å². The summed E-state index contributed by atoms with van der Waals surface area (Å²) in [6.07, 6.45) is 0.204. The van der Waals surface area contributed by atoms with E-state index in [1.165, 1.54) is 19.9 Å². The van der Waals surface area contributed by atoms with Crippen molar-refractivity contribution in [3.8, 4) is 0 Å². The van der Waals surface area contributed by atoms with Crippen molar-refractivity contribution in [2.75, 3.05) is 0 Å². The maximum Gasteiger partial charge on any atom is 0.247 e. The maximum atomic E-state index is 12.2. The van der Waals surface area contributed by atoms with Gasteiger partial charge >= 0.3 is 0 Å². The van der Waals surface area contributed by atoms with Gasteiger partial charge in [0.15, 0.2) is 9.84 Å². The number of hydrogen-bond acceptors (Lipinski definition) is 6. The second kappa shape index (κ2) is 4.79. The number of thiophene rings is 1. The molecule has 20 heavy (non-hydrogen) atoms. The van der Waals surface area contributed by atoms with Crippen molar-refractivity contribution in [1.29, 1.82) is 0 Å². The molecule has 0 radical (unpaired) electrons. The summed E-state index contributed by atoms with van der Waals surface area (Å²) in [6, 6.07) is 0.715. The Labute approximate surface area is 121 Å². The molecule has 7 nitrogen and oxygen atoms in total. The first-order valence-corrected chi connectivity index (χ1v) is 9.62. The summed E-state index contributed by atoms with van der Waals surface area (Å²) >= 11 is 0.632. The number of rotatable bonds is 2.